The second-order valence-electron chi connectivity index (χ2n) is 4.76. The molecule has 0 saturated carbocycles. The SMILES string of the molecule is CCCC(CN)C(=O)NCC(C)(C)CO. The fourth-order valence-corrected chi connectivity index (χ4v) is 1.23. The van der Waals surface area contributed by atoms with Gasteiger partial charge in [-0.1, -0.05) is 27.2 Å². The van der Waals surface area contributed by atoms with Gasteiger partial charge in [0.15, 0.2) is 0 Å². The van der Waals surface area contributed by atoms with Crippen molar-refractivity contribution in [1.82, 2.24) is 5.32 Å². The summed E-state index contributed by atoms with van der Waals surface area (Å²) in [7, 11) is 0. The maximum Gasteiger partial charge on any atom is 0.224 e. The summed E-state index contributed by atoms with van der Waals surface area (Å²) in [6.07, 6.45) is 1.78. The summed E-state index contributed by atoms with van der Waals surface area (Å²) in [4.78, 5) is 11.7. The third-order valence-electron chi connectivity index (χ3n) is 2.46. The third kappa shape index (κ3) is 5.74. The van der Waals surface area contributed by atoms with Crippen molar-refractivity contribution in [1.29, 1.82) is 0 Å². The molecule has 0 aliphatic rings. The number of amides is 1. The van der Waals surface area contributed by atoms with E-state index in [-0.39, 0.29) is 23.8 Å². The molecule has 0 bridgehead atoms. The van der Waals surface area contributed by atoms with Crippen molar-refractivity contribution in [2.24, 2.45) is 17.1 Å². The van der Waals surface area contributed by atoms with Crippen LogP contribution in [0.4, 0.5) is 0 Å². The fraction of sp³-hybridized carbons (Fsp3) is 0.909. The van der Waals surface area contributed by atoms with Crippen LogP contribution in [0.5, 0.6) is 0 Å². The number of aliphatic hydroxyl groups is 1. The molecule has 0 spiro atoms. The largest absolute Gasteiger partial charge is 0.396 e. The molecule has 0 aliphatic carbocycles. The van der Waals surface area contributed by atoms with Gasteiger partial charge in [-0.2, -0.15) is 0 Å². The molecule has 0 saturated heterocycles. The van der Waals surface area contributed by atoms with Crippen molar-refractivity contribution in [2.45, 2.75) is 33.6 Å². The van der Waals surface area contributed by atoms with Crippen LogP contribution in [0.2, 0.25) is 0 Å². The van der Waals surface area contributed by atoms with E-state index >= 15 is 0 Å². The predicted octanol–water partition coefficient (Wildman–Crippen LogP) is 0.496. The minimum Gasteiger partial charge on any atom is -0.396 e. The first-order chi connectivity index (χ1) is 6.96. The molecule has 0 aliphatic heterocycles. The van der Waals surface area contributed by atoms with Gasteiger partial charge in [-0.05, 0) is 6.42 Å². The highest BCUT2D eigenvalue weighted by atomic mass is 16.3. The van der Waals surface area contributed by atoms with Crippen LogP contribution >= 0.6 is 0 Å². The molecule has 4 N–H and O–H groups in total. The van der Waals surface area contributed by atoms with Crippen molar-refractivity contribution in [2.75, 3.05) is 19.7 Å². The predicted molar refractivity (Wildman–Crippen MR) is 61.3 cm³/mol. The van der Waals surface area contributed by atoms with Gasteiger partial charge < -0.3 is 16.2 Å². The van der Waals surface area contributed by atoms with E-state index in [0.29, 0.717) is 13.1 Å². The third-order valence-corrected chi connectivity index (χ3v) is 2.46. The Hall–Kier alpha value is -0.610. The highest BCUT2D eigenvalue weighted by molar-refractivity contribution is 5.78. The maximum absolute atomic E-state index is 11.7. The van der Waals surface area contributed by atoms with Crippen LogP contribution in [0, 0.1) is 11.3 Å². The first kappa shape index (κ1) is 14.4. The second kappa shape index (κ2) is 6.80. The number of nitrogens with one attached hydrogen (secondary N) is 1. The molecule has 1 amide bonds. The Labute approximate surface area is 92.2 Å². The molecule has 0 heterocycles. The van der Waals surface area contributed by atoms with E-state index in [0.717, 1.165) is 12.8 Å². The number of aliphatic hydroxyl groups excluding tert-OH is 1. The molecule has 0 aromatic carbocycles. The van der Waals surface area contributed by atoms with Crippen LogP contribution in [0.3, 0.4) is 0 Å². The molecule has 0 fully saturated rings. The summed E-state index contributed by atoms with van der Waals surface area (Å²) in [5, 5.41) is 11.9. The minimum absolute atomic E-state index is 0.000810. The topological polar surface area (TPSA) is 75.4 Å². The lowest BCUT2D eigenvalue weighted by Crippen LogP contribution is -2.41. The zero-order chi connectivity index (χ0) is 11.9. The first-order valence-electron chi connectivity index (χ1n) is 5.55. The smallest absolute Gasteiger partial charge is 0.224 e. The van der Waals surface area contributed by atoms with Crippen LogP contribution in [-0.4, -0.2) is 30.7 Å². The Morgan fingerprint density at radius 2 is 2.13 bits per heavy atom. The molecular formula is C11H24N2O2. The molecule has 0 aromatic rings. The van der Waals surface area contributed by atoms with Crippen molar-refractivity contribution in [3.05, 3.63) is 0 Å². The molecule has 1 unspecified atom stereocenters. The van der Waals surface area contributed by atoms with Gasteiger partial charge >= 0.3 is 0 Å². The van der Waals surface area contributed by atoms with Crippen LogP contribution in [0.25, 0.3) is 0 Å². The highest BCUT2D eigenvalue weighted by Crippen LogP contribution is 2.12. The Kier molecular flexibility index (Phi) is 6.52. The Morgan fingerprint density at radius 3 is 2.53 bits per heavy atom. The summed E-state index contributed by atoms with van der Waals surface area (Å²) in [5.74, 6) is -0.0923. The van der Waals surface area contributed by atoms with E-state index in [2.05, 4.69) is 5.32 Å². The summed E-state index contributed by atoms with van der Waals surface area (Å²) >= 11 is 0. The van der Waals surface area contributed by atoms with Gasteiger partial charge in [0.25, 0.3) is 0 Å². The zero-order valence-corrected chi connectivity index (χ0v) is 10.0. The van der Waals surface area contributed by atoms with Crippen LogP contribution in [0.15, 0.2) is 0 Å². The lowest BCUT2D eigenvalue weighted by molar-refractivity contribution is -0.125. The molecule has 90 valence electrons. The maximum atomic E-state index is 11.7. The molecule has 0 aromatic heterocycles. The van der Waals surface area contributed by atoms with Gasteiger partial charge in [0.2, 0.25) is 5.91 Å². The van der Waals surface area contributed by atoms with Gasteiger partial charge in [-0.3, -0.25) is 4.79 Å². The fourth-order valence-electron chi connectivity index (χ4n) is 1.23. The normalized spacial score (nSPS) is 13.7. The molecule has 0 radical (unpaired) electrons. The van der Waals surface area contributed by atoms with Crippen LogP contribution in [0.1, 0.15) is 33.6 Å². The average molecular weight is 216 g/mol. The van der Waals surface area contributed by atoms with E-state index in [9.17, 15) is 4.79 Å². The highest BCUT2D eigenvalue weighted by Gasteiger charge is 2.20. The van der Waals surface area contributed by atoms with Gasteiger partial charge in [-0.25, -0.2) is 0 Å². The summed E-state index contributed by atoms with van der Waals surface area (Å²) in [5.41, 5.74) is 5.26. The number of hydrogen-bond donors (Lipinski definition) is 3. The number of nitrogens with two attached hydrogens (primary N) is 1. The monoisotopic (exact) mass is 216 g/mol. The summed E-state index contributed by atoms with van der Waals surface area (Å²) < 4.78 is 0. The van der Waals surface area contributed by atoms with E-state index in [1.165, 1.54) is 0 Å². The molecular weight excluding hydrogens is 192 g/mol. The van der Waals surface area contributed by atoms with Crippen molar-refractivity contribution in [3.63, 3.8) is 0 Å². The van der Waals surface area contributed by atoms with E-state index < -0.39 is 0 Å². The lowest BCUT2D eigenvalue weighted by atomic mass is 9.94. The van der Waals surface area contributed by atoms with Crippen molar-refractivity contribution < 1.29 is 9.90 Å². The standard InChI is InChI=1S/C11H24N2O2/c1-4-5-9(6-12)10(15)13-7-11(2,3)8-14/h9,14H,4-8,12H2,1-3H3,(H,13,15). The van der Waals surface area contributed by atoms with E-state index in [1.54, 1.807) is 0 Å². The van der Waals surface area contributed by atoms with Crippen molar-refractivity contribution in [3.8, 4) is 0 Å². The number of carbonyl (C=O) groups excluding carboxylic acids is 1. The summed E-state index contributed by atoms with van der Waals surface area (Å²) in [6, 6.07) is 0. The van der Waals surface area contributed by atoms with Gasteiger partial charge in [0.1, 0.15) is 0 Å². The second-order valence-corrected chi connectivity index (χ2v) is 4.76. The summed E-state index contributed by atoms with van der Waals surface area (Å²) in [6.45, 7) is 6.79. The molecule has 4 nitrogen and oxygen atoms in total. The first-order valence-corrected chi connectivity index (χ1v) is 5.55. The Bertz CT molecular complexity index is 193. The Morgan fingerprint density at radius 1 is 1.53 bits per heavy atom. The molecule has 4 heteroatoms. The van der Waals surface area contributed by atoms with Crippen LogP contribution < -0.4 is 11.1 Å². The number of rotatable bonds is 7. The molecule has 15 heavy (non-hydrogen) atoms. The lowest BCUT2D eigenvalue weighted by Gasteiger charge is -2.23. The van der Waals surface area contributed by atoms with E-state index in [4.69, 9.17) is 10.8 Å². The quantitative estimate of drug-likeness (QED) is 0.580. The van der Waals surface area contributed by atoms with Crippen LogP contribution in [-0.2, 0) is 4.79 Å². The van der Waals surface area contributed by atoms with E-state index in [1.807, 2.05) is 20.8 Å². The van der Waals surface area contributed by atoms with Crippen molar-refractivity contribution >= 4 is 5.91 Å². The number of hydrogen-bond acceptors (Lipinski definition) is 3. The van der Waals surface area contributed by atoms with Gasteiger partial charge in [-0.15, -0.1) is 0 Å². The molecule has 0 rings (SSSR count). The Balaban J connectivity index is 4.01. The zero-order valence-electron chi connectivity index (χ0n) is 10.0. The molecule has 1 atom stereocenters. The number of carbonyl (C=O) groups is 1. The van der Waals surface area contributed by atoms with Gasteiger partial charge in [0.05, 0.1) is 5.92 Å². The van der Waals surface area contributed by atoms with Gasteiger partial charge in [0, 0.05) is 25.1 Å². The average Bonchev–Trinajstić information content (AvgIpc) is 2.22. The minimum atomic E-state index is -0.263.